The van der Waals surface area contributed by atoms with Gasteiger partial charge in [-0.1, -0.05) is 43.7 Å². The smallest absolute Gasteiger partial charge is 0.303 e. The SMILES string of the molecule is CC(CC=O)CC1=CC(CC(CC(=O)O)CC2CC(=O)c3cc4c(cc3C2)CC(C)CC4=O)CC=C1. The largest absolute Gasteiger partial charge is 0.481 e. The van der Waals surface area contributed by atoms with Crippen molar-refractivity contribution in [1.29, 1.82) is 0 Å². The van der Waals surface area contributed by atoms with E-state index in [0.717, 1.165) is 61.5 Å². The number of carbonyl (C=O) groups excluding carboxylic acids is 3. The zero-order valence-corrected chi connectivity index (χ0v) is 21.5. The first kappa shape index (κ1) is 26.2. The van der Waals surface area contributed by atoms with Crippen molar-refractivity contribution in [3.05, 3.63) is 58.2 Å². The molecule has 1 aromatic rings. The molecule has 3 aliphatic rings. The molecule has 0 amide bonds. The Balaban J connectivity index is 1.46. The van der Waals surface area contributed by atoms with Crippen molar-refractivity contribution in [3.63, 3.8) is 0 Å². The van der Waals surface area contributed by atoms with Crippen LogP contribution in [0.1, 0.15) is 97.1 Å². The zero-order valence-electron chi connectivity index (χ0n) is 21.5. The number of rotatable bonds is 10. The van der Waals surface area contributed by atoms with Gasteiger partial charge in [-0.2, -0.15) is 0 Å². The van der Waals surface area contributed by atoms with Gasteiger partial charge in [-0.15, -0.1) is 0 Å². The van der Waals surface area contributed by atoms with Gasteiger partial charge in [0.15, 0.2) is 11.6 Å². The van der Waals surface area contributed by atoms with Crippen LogP contribution in [-0.2, 0) is 22.4 Å². The lowest BCUT2D eigenvalue weighted by molar-refractivity contribution is -0.138. The van der Waals surface area contributed by atoms with Crippen LogP contribution in [-0.4, -0.2) is 28.9 Å². The van der Waals surface area contributed by atoms with E-state index in [1.165, 1.54) is 5.57 Å². The molecule has 0 saturated carbocycles. The fourth-order valence-corrected chi connectivity index (χ4v) is 6.53. The monoisotopic (exact) mass is 490 g/mol. The van der Waals surface area contributed by atoms with E-state index < -0.39 is 5.97 Å². The van der Waals surface area contributed by atoms with Crippen molar-refractivity contribution in [1.82, 2.24) is 0 Å². The molecular formula is C31H38O5. The van der Waals surface area contributed by atoms with Gasteiger partial charge in [-0.05, 0) is 85.3 Å². The van der Waals surface area contributed by atoms with E-state index in [-0.39, 0.29) is 35.7 Å². The van der Waals surface area contributed by atoms with E-state index in [9.17, 15) is 24.3 Å². The van der Waals surface area contributed by atoms with E-state index in [2.05, 4.69) is 38.1 Å². The molecule has 5 unspecified atom stereocenters. The first-order chi connectivity index (χ1) is 17.2. The highest BCUT2D eigenvalue weighted by Gasteiger charge is 2.32. The number of carboxylic acid groups (broad SMARTS) is 1. The summed E-state index contributed by atoms with van der Waals surface area (Å²) in [5.41, 5.74) is 4.72. The number of Topliss-reactive ketones (excluding diaryl/α,β-unsaturated/α-hetero) is 2. The molecule has 1 aromatic carbocycles. The Kier molecular flexibility index (Phi) is 8.38. The molecule has 0 aromatic heterocycles. The molecule has 5 atom stereocenters. The molecule has 36 heavy (non-hydrogen) atoms. The number of aliphatic carboxylic acids is 1. The van der Waals surface area contributed by atoms with Crippen LogP contribution in [0.25, 0.3) is 0 Å². The minimum absolute atomic E-state index is 0.00229. The molecule has 4 rings (SSSR count). The van der Waals surface area contributed by atoms with Gasteiger partial charge >= 0.3 is 5.97 Å². The number of hydrogen-bond donors (Lipinski definition) is 1. The average Bonchev–Trinajstić information content (AvgIpc) is 2.78. The van der Waals surface area contributed by atoms with Gasteiger partial charge in [0.2, 0.25) is 0 Å². The maximum absolute atomic E-state index is 13.1. The molecule has 3 aliphatic carbocycles. The van der Waals surface area contributed by atoms with Crippen LogP contribution in [0, 0.1) is 29.6 Å². The lowest BCUT2D eigenvalue weighted by Crippen LogP contribution is -2.26. The number of allylic oxidation sites excluding steroid dienone is 4. The number of carboxylic acids is 1. The van der Waals surface area contributed by atoms with Crippen molar-refractivity contribution in [2.24, 2.45) is 29.6 Å². The minimum Gasteiger partial charge on any atom is -0.481 e. The van der Waals surface area contributed by atoms with Crippen LogP contribution in [0.3, 0.4) is 0 Å². The van der Waals surface area contributed by atoms with Crippen LogP contribution in [0.5, 0.6) is 0 Å². The normalized spacial score (nSPS) is 24.9. The lowest BCUT2D eigenvalue weighted by atomic mass is 9.73. The quantitative estimate of drug-likeness (QED) is 0.395. The van der Waals surface area contributed by atoms with Crippen LogP contribution in [0.2, 0.25) is 0 Å². The Hall–Kier alpha value is -2.82. The van der Waals surface area contributed by atoms with E-state index in [4.69, 9.17) is 0 Å². The predicted molar refractivity (Wildman–Crippen MR) is 139 cm³/mol. The van der Waals surface area contributed by atoms with Gasteiger partial charge in [0.1, 0.15) is 6.29 Å². The van der Waals surface area contributed by atoms with Crippen LogP contribution >= 0.6 is 0 Å². The molecule has 1 N–H and O–H groups in total. The molecule has 5 nitrogen and oxygen atoms in total. The second-order valence-corrected chi connectivity index (χ2v) is 11.6. The summed E-state index contributed by atoms with van der Waals surface area (Å²) >= 11 is 0. The summed E-state index contributed by atoms with van der Waals surface area (Å²) in [4.78, 5) is 48.1. The zero-order chi connectivity index (χ0) is 25.8. The minimum atomic E-state index is -0.792. The van der Waals surface area contributed by atoms with Gasteiger partial charge in [-0.25, -0.2) is 0 Å². The third kappa shape index (κ3) is 6.48. The van der Waals surface area contributed by atoms with E-state index in [1.54, 1.807) is 0 Å². The van der Waals surface area contributed by atoms with Gasteiger partial charge < -0.3 is 9.90 Å². The second-order valence-electron chi connectivity index (χ2n) is 11.6. The maximum Gasteiger partial charge on any atom is 0.303 e. The molecule has 0 aliphatic heterocycles. The third-order valence-electron chi connectivity index (χ3n) is 8.08. The molecule has 0 bridgehead atoms. The third-order valence-corrected chi connectivity index (χ3v) is 8.08. The number of benzene rings is 1. The summed E-state index contributed by atoms with van der Waals surface area (Å²) in [5.74, 6) is 0.449. The summed E-state index contributed by atoms with van der Waals surface area (Å²) in [7, 11) is 0. The molecule has 0 heterocycles. The molecule has 0 saturated heterocycles. The Morgan fingerprint density at radius 2 is 1.78 bits per heavy atom. The van der Waals surface area contributed by atoms with Crippen molar-refractivity contribution in [2.75, 3.05) is 0 Å². The highest BCUT2D eigenvalue weighted by Crippen LogP contribution is 2.37. The number of fused-ring (bicyclic) bond motifs is 2. The van der Waals surface area contributed by atoms with E-state index in [0.29, 0.717) is 36.7 Å². The van der Waals surface area contributed by atoms with Gasteiger partial charge in [0.25, 0.3) is 0 Å². The average molecular weight is 491 g/mol. The number of aldehydes is 1. The first-order valence-electron chi connectivity index (χ1n) is 13.5. The van der Waals surface area contributed by atoms with Crippen molar-refractivity contribution in [2.45, 2.75) is 78.1 Å². The standard InChI is InChI=1S/C31H38O5/c1-19(6-7-32)8-21-4-3-5-22(11-21)12-23(16-31(35)36)13-24-14-26-17-25-9-20(2)10-29(33)27(25)18-28(26)30(34)15-24/h3-4,7,11,17-20,22-24H,5-6,8-10,12-16H2,1-2H3,(H,35,36). The molecule has 0 radical (unpaired) electrons. The van der Waals surface area contributed by atoms with Crippen LogP contribution in [0.15, 0.2) is 35.9 Å². The van der Waals surface area contributed by atoms with Crippen LogP contribution < -0.4 is 0 Å². The Morgan fingerprint density at radius 3 is 2.50 bits per heavy atom. The second kappa shape index (κ2) is 11.5. The molecular weight excluding hydrogens is 452 g/mol. The topological polar surface area (TPSA) is 88.5 Å². The van der Waals surface area contributed by atoms with Gasteiger partial charge in [0.05, 0.1) is 0 Å². The number of hydrogen-bond acceptors (Lipinski definition) is 4. The molecule has 5 heteroatoms. The van der Waals surface area contributed by atoms with Crippen molar-refractivity contribution >= 4 is 23.8 Å². The fraction of sp³-hybridized carbons (Fsp3) is 0.548. The summed E-state index contributed by atoms with van der Waals surface area (Å²) in [5, 5.41) is 9.60. The van der Waals surface area contributed by atoms with E-state index >= 15 is 0 Å². The summed E-state index contributed by atoms with van der Waals surface area (Å²) in [6, 6.07) is 3.91. The van der Waals surface area contributed by atoms with Gasteiger partial charge in [0, 0.05) is 36.8 Å². The fourth-order valence-electron chi connectivity index (χ4n) is 6.53. The predicted octanol–water partition coefficient (Wildman–Crippen LogP) is 6.19. The first-order valence-corrected chi connectivity index (χ1v) is 13.5. The Labute approximate surface area is 214 Å². The van der Waals surface area contributed by atoms with Crippen molar-refractivity contribution < 1.29 is 24.3 Å². The molecule has 192 valence electrons. The van der Waals surface area contributed by atoms with Crippen LogP contribution in [0.4, 0.5) is 0 Å². The summed E-state index contributed by atoms with van der Waals surface area (Å²) in [6.07, 6.45) is 14.0. The maximum atomic E-state index is 13.1. The highest BCUT2D eigenvalue weighted by molar-refractivity contribution is 6.04. The van der Waals surface area contributed by atoms with E-state index in [1.807, 2.05) is 6.07 Å². The summed E-state index contributed by atoms with van der Waals surface area (Å²) in [6.45, 7) is 4.17. The Morgan fingerprint density at radius 1 is 1.06 bits per heavy atom. The lowest BCUT2D eigenvalue weighted by Gasteiger charge is -2.30. The van der Waals surface area contributed by atoms with Gasteiger partial charge in [-0.3, -0.25) is 14.4 Å². The van der Waals surface area contributed by atoms with Crippen molar-refractivity contribution in [3.8, 4) is 0 Å². The highest BCUT2D eigenvalue weighted by atomic mass is 16.4. The Bertz CT molecular complexity index is 1090. The number of ketones is 2. The number of carbonyl (C=O) groups is 4. The summed E-state index contributed by atoms with van der Waals surface area (Å²) < 4.78 is 0. The molecule has 0 fully saturated rings. The molecule has 0 spiro atoms.